The van der Waals surface area contributed by atoms with Crippen molar-refractivity contribution < 1.29 is 17.9 Å². The Morgan fingerprint density at radius 3 is 2.48 bits per heavy atom. The van der Waals surface area contributed by atoms with Crippen molar-refractivity contribution in [2.45, 2.75) is 11.8 Å². The van der Waals surface area contributed by atoms with Crippen LogP contribution in [-0.4, -0.2) is 32.7 Å². The summed E-state index contributed by atoms with van der Waals surface area (Å²) in [6.07, 6.45) is 0. The Bertz CT molecular complexity index is 904. The van der Waals surface area contributed by atoms with Crippen molar-refractivity contribution in [3.05, 3.63) is 47.5 Å². The number of amides is 1. The molecule has 0 atom stereocenters. The van der Waals surface area contributed by atoms with Crippen LogP contribution < -0.4 is 10.1 Å². The molecule has 1 aliphatic rings. The van der Waals surface area contributed by atoms with E-state index in [1.54, 1.807) is 6.07 Å². The number of aryl methyl sites for hydroxylation is 1. The first-order valence-corrected chi connectivity index (χ1v) is 8.39. The van der Waals surface area contributed by atoms with Crippen molar-refractivity contribution in [1.82, 2.24) is 4.31 Å². The number of benzene rings is 2. The van der Waals surface area contributed by atoms with Crippen molar-refractivity contribution in [3.8, 4) is 11.5 Å². The number of anilines is 1. The van der Waals surface area contributed by atoms with Gasteiger partial charge >= 0.3 is 0 Å². The third-order valence-corrected chi connectivity index (χ3v) is 5.39. The minimum Gasteiger partial charge on any atom is -0.454 e. The number of hydrogen-bond donors (Lipinski definition) is 1. The first-order valence-electron chi connectivity index (χ1n) is 6.95. The third-order valence-electron chi connectivity index (χ3n) is 3.58. The van der Waals surface area contributed by atoms with Crippen molar-refractivity contribution >= 4 is 21.6 Å². The van der Waals surface area contributed by atoms with Gasteiger partial charge in [0.15, 0.2) is 5.75 Å². The number of ether oxygens (including phenoxy) is 1. The monoisotopic (exact) mass is 332 g/mol. The zero-order valence-corrected chi connectivity index (χ0v) is 13.8. The summed E-state index contributed by atoms with van der Waals surface area (Å²) >= 11 is 0. The van der Waals surface area contributed by atoms with Crippen LogP contribution in [0.15, 0.2) is 41.3 Å². The Morgan fingerprint density at radius 2 is 1.78 bits per heavy atom. The van der Waals surface area contributed by atoms with Crippen molar-refractivity contribution in [2.75, 3.05) is 19.4 Å². The van der Waals surface area contributed by atoms with Gasteiger partial charge in [0.1, 0.15) is 5.75 Å². The second kappa shape index (κ2) is 5.36. The zero-order valence-electron chi connectivity index (χ0n) is 13.0. The van der Waals surface area contributed by atoms with Crippen LogP contribution in [0.1, 0.15) is 15.9 Å². The number of carbonyl (C=O) groups excluding carboxylic acids is 1. The first kappa shape index (κ1) is 15.5. The highest BCUT2D eigenvalue weighted by molar-refractivity contribution is 7.89. The highest BCUT2D eigenvalue weighted by Crippen LogP contribution is 2.37. The number of nitrogens with zero attached hydrogens (tertiary/aromatic N) is 1. The minimum atomic E-state index is -3.62. The Balaban J connectivity index is 2.12. The second-order valence-corrected chi connectivity index (χ2v) is 7.65. The molecule has 120 valence electrons. The normalized spacial score (nSPS) is 13.7. The molecule has 1 aliphatic heterocycles. The molecule has 3 rings (SSSR count). The lowest BCUT2D eigenvalue weighted by atomic mass is 10.2. The summed E-state index contributed by atoms with van der Waals surface area (Å²) in [5.74, 6) is 0.447. The molecule has 1 amide bonds. The molecule has 23 heavy (non-hydrogen) atoms. The Morgan fingerprint density at radius 1 is 1.04 bits per heavy atom. The van der Waals surface area contributed by atoms with Crippen LogP contribution >= 0.6 is 0 Å². The van der Waals surface area contributed by atoms with Gasteiger partial charge in [0.2, 0.25) is 10.0 Å². The Kier molecular flexibility index (Phi) is 3.62. The van der Waals surface area contributed by atoms with Crippen molar-refractivity contribution in [3.63, 3.8) is 0 Å². The van der Waals surface area contributed by atoms with Gasteiger partial charge in [-0.2, -0.15) is 0 Å². The maximum Gasteiger partial charge on any atom is 0.259 e. The average molecular weight is 332 g/mol. The molecule has 0 radical (unpaired) electrons. The van der Waals surface area contributed by atoms with Gasteiger partial charge in [0.25, 0.3) is 5.91 Å². The summed E-state index contributed by atoms with van der Waals surface area (Å²) in [6, 6.07) is 9.70. The highest BCUT2D eigenvalue weighted by Gasteiger charge is 2.25. The molecule has 0 spiro atoms. The van der Waals surface area contributed by atoms with Crippen LogP contribution in [0.25, 0.3) is 0 Å². The lowest BCUT2D eigenvalue weighted by molar-refractivity contribution is 0.102. The SMILES string of the molecule is Cc1ccc2c(c1)Oc1ccc(S(=O)(=O)N(C)C)cc1C(=O)N2. The summed E-state index contributed by atoms with van der Waals surface area (Å²) in [5, 5.41) is 2.74. The summed E-state index contributed by atoms with van der Waals surface area (Å²) in [6.45, 7) is 1.92. The molecule has 0 aliphatic carbocycles. The lowest BCUT2D eigenvalue weighted by Gasteiger charge is -2.13. The largest absolute Gasteiger partial charge is 0.454 e. The molecule has 2 aromatic carbocycles. The van der Waals surface area contributed by atoms with Crippen LogP contribution in [-0.2, 0) is 10.0 Å². The summed E-state index contributed by atoms with van der Waals surface area (Å²) < 4.78 is 31.3. The standard InChI is InChI=1S/C16H16N2O4S/c1-10-4-6-13-15(8-10)22-14-7-5-11(23(20,21)18(2)3)9-12(14)16(19)17-13/h4-9H,1-3H3,(H,17,19). The summed E-state index contributed by atoms with van der Waals surface area (Å²) in [4.78, 5) is 12.4. The minimum absolute atomic E-state index is 0.0436. The van der Waals surface area contributed by atoms with Crippen LogP contribution in [0.2, 0.25) is 0 Å². The first-order chi connectivity index (χ1) is 10.8. The smallest absolute Gasteiger partial charge is 0.259 e. The summed E-state index contributed by atoms with van der Waals surface area (Å²) in [5.41, 5.74) is 1.73. The maximum atomic E-state index is 12.4. The molecule has 7 heteroatoms. The Labute approximate surface area is 134 Å². The molecule has 1 N–H and O–H groups in total. The molecule has 6 nitrogen and oxygen atoms in total. The lowest BCUT2D eigenvalue weighted by Crippen LogP contribution is -2.22. The molecule has 0 saturated heterocycles. The topological polar surface area (TPSA) is 75.7 Å². The average Bonchev–Trinajstić information content (AvgIpc) is 2.62. The summed E-state index contributed by atoms with van der Waals surface area (Å²) in [7, 11) is -0.741. The number of sulfonamides is 1. The number of fused-ring (bicyclic) bond motifs is 2. The van der Waals surface area contributed by atoms with Crippen molar-refractivity contribution in [1.29, 1.82) is 0 Å². The molecular weight excluding hydrogens is 316 g/mol. The maximum absolute atomic E-state index is 12.4. The van der Waals surface area contributed by atoms with Gasteiger partial charge in [0, 0.05) is 14.1 Å². The van der Waals surface area contributed by atoms with E-state index in [0.717, 1.165) is 9.87 Å². The highest BCUT2D eigenvalue weighted by atomic mass is 32.2. The van der Waals surface area contributed by atoms with E-state index in [2.05, 4.69) is 5.32 Å². The number of nitrogens with one attached hydrogen (secondary N) is 1. The molecule has 0 saturated carbocycles. The quantitative estimate of drug-likeness (QED) is 0.917. The van der Waals surface area contributed by atoms with E-state index in [9.17, 15) is 13.2 Å². The molecule has 0 unspecified atom stereocenters. The fourth-order valence-electron chi connectivity index (χ4n) is 2.27. The van der Waals surface area contributed by atoms with Crippen molar-refractivity contribution in [2.24, 2.45) is 0 Å². The number of rotatable bonds is 2. The molecule has 2 aromatic rings. The van der Waals surface area contributed by atoms with E-state index in [-0.39, 0.29) is 10.5 Å². The van der Waals surface area contributed by atoms with Crippen LogP contribution in [0.3, 0.4) is 0 Å². The predicted octanol–water partition coefficient (Wildman–Crippen LogP) is 2.60. The van der Waals surface area contributed by atoms with E-state index in [1.165, 1.54) is 32.3 Å². The second-order valence-electron chi connectivity index (χ2n) is 5.50. The van der Waals surface area contributed by atoms with Gasteiger partial charge in [0.05, 0.1) is 16.1 Å². The van der Waals surface area contributed by atoms with Gasteiger partial charge in [-0.1, -0.05) is 6.07 Å². The number of hydrogen-bond acceptors (Lipinski definition) is 4. The third kappa shape index (κ3) is 2.69. The van der Waals surface area contributed by atoms with E-state index >= 15 is 0 Å². The fraction of sp³-hybridized carbons (Fsp3) is 0.188. The fourth-order valence-corrected chi connectivity index (χ4v) is 3.20. The van der Waals surface area contributed by atoms with Gasteiger partial charge < -0.3 is 10.1 Å². The van der Waals surface area contributed by atoms with Crippen LogP contribution in [0.4, 0.5) is 5.69 Å². The van der Waals surface area contributed by atoms with E-state index in [0.29, 0.717) is 17.2 Å². The zero-order chi connectivity index (χ0) is 16.8. The van der Waals surface area contributed by atoms with Gasteiger partial charge in [-0.05, 0) is 42.8 Å². The van der Waals surface area contributed by atoms with E-state index < -0.39 is 15.9 Å². The molecule has 0 aromatic heterocycles. The molecule has 0 bridgehead atoms. The molecule has 0 fully saturated rings. The van der Waals surface area contributed by atoms with Gasteiger partial charge in [-0.15, -0.1) is 0 Å². The van der Waals surface area contributed by atoms with Crippen LogP contribution in [0.5, 0.6) is 11.5 Å². The molecular formula is C16H16N2O4S. The Hall–Kier alpha value is -2.38. The van der Waals surface area contributed by atoms with E-state index in [1.807, 2.05) is 19.1 Å². The van der Waals surface area contributed by atoms with Gasteiger partial charge in [-0.25, -0.2) is 12.7 Å². The van der Waals surface area contributed by atoms with Gasteiger partial charge in [-0.3, -0.25) is 4.79 Å². The van der Waals surface area contributed by atoms with E-state index in [4.69, 9.17) is 4.74 Å². The number of carbonyl (C=O) groups is 1. The molecule has 1 heterocycles. The van der Waals surface area contributed by atoms with Crippen LogP contribution in [0, 0.1) is 6.92 Å². The predicted molar refractivity (Wildman–Crippen MR) is 86.5 cm³/mol.